The third-order valence-corrected chi connectivity index (χ3v) is 3.79. The van der Waals surface area contributed by atoms with Crippen LogP contribution in [-0.2, 0) is 0 Å². The Balaban J connectivity index is 2.17. The van der Waals surface area contributed by atoms with Crippen molar-refractivity contribution in [2.45, 2.75) is 6.92 Å². The second-order valence-electron chi connectivity index (χ2n) is 4.81. The van der Waals surface area contributed by atoms with E-state index in [1.807, 2.05) is 49.4 Å². The number of fused-ring (bicyclic) bond motifs is 1. The molecule has 21 heavy (non-hydrogen) atoms. The monoisotopic (exact) mass is 337 g/mol. The van der Waals surface area contributed by atoms with Gasteiger partial charge >= 0.3 is 0 Å². The highest BCUT2D eigenvalue weighted by Crippen LogP contribution is 2.29. The fourth-order valence-corrected chi connectivity index (χ4v) is 2.47. The summed E-state index contributed by atoms with van der Waals surface area (Å²) in [7, 11) is 0. The van der Waals surface area contributed by atoms with Gasteiger partial charge in [0.2, 0.25) is 0 Å². The summed E-state index contributed by atoms with van der Waals surface area (Å²) in [5.74, 6) is 0. The Hall–Kier alpha value is -2.38. The van der Waals surface area contributed by atoms with E-state index in [0.29, 0.717) is 5.56 Å². The largest absolute Gasteiger partial charge is 0.354 e. The summed E-state index contributed by atoms with van der Waals surface area (Å²) < 4.78 is 1.02. The summed E-state index contributed by atoms with van der Waals surface area (Å²) in [6, 6.07) is 16.1. The number of rotatable bonds is 2. The van der Waals surface area contributed by atoms with E-state index in [1.165, 1.54) is 0 Å². The Bertz CT molecular complexity index is 848. The molecule has 1 N–H and O–H groups in total. The second kappa shape index (κ2) is 5.55. The second-order valence-corrected chi connectivity index (χ2v) is 5.73. The van der Waals surface area contributed by atoms with Crippen LogP contribution in [0.5, 0.6) is 0 Å². The van der Waals surface area contributed by atoms with Gasteiger partial charge in [-0.05, 0) is 43.3 Å². The highest BCUT2D eigenvalue weighted by atomic mass is 79.9. The van der Waals surface area contributed by atoms with Crippen molar-refractivity contribution in [3.05, 3.63) is 64.3 Å². The maximum Gasteiger partial charge on any atom is 0.103 e. The average Bonchev–Trinajstić information content (AvgIpc) is 2.50. The van der Waals surface area contributed by atoms with Crippen LogP contribution in [0.1, 0.15) is 11.1 Å². The topological polar surface area (TPSA) is 48.7 Å². The van der Waals surface area contributed by atoms with Gasteiger partial charge in [0.15, 0.2) is 0 Å². The summed E-state index contributed by atoms with van der Waals surface area (Å²) in [5.41, 5.74) is 4.28. The van der Waals surface area contributed by atoms with Crippen molar-refractivity contribution in [1.29, 1.82) is 5.26 Å². The Morgan fingerprint density at radius 2 is 1.90 bits per heavy atom. The molecule has 102 valence electrons. The molecule has 0 radical (unpaired) electrons. The van der Waals surface area contributed by atoms with Gasteiger partial charge in [0.1, 0.15) is 6.07 Å². The van der Waals surface area contributed by atoms with Crippen molar-refractivity contribution in [1.82, 2.24) is 4.98 Å². The number of aromatic nitrogens is 1. The molecule has 1 heterocycles. The molecule has 0 unspecified atom stereocenters. The van der Waals surface area contributed by atoms with Crippen LogP contribution in [-0.4, -0.2) is 4.98 Å². The Morgan fingerprint density at radius 3 is 2.62 bits per heavy atom. The van der Waals surface area contributed by atoms with E-state index in [2.05, 4.69) is 32.3 Å². The average molecular weight is 338 g/mol. The van der Waals surface area contributed by atoms with E-state index in [-0.39, 0.29) is 0 Å². The predicted octanol–water partition coefficient (Wildman–Crippen LogP) is 4.92. The summed E-state index contributed by atoms with van der Waals surface area (Å²) in [6.07, 6.45) is 1.61. The van der Waals surface area contributed by atoms with E-state index in [0.717, 1.165) is 32.3 Å². The van der Waals surface area contributed by atoms with Gasteiger partial charge in [0, 0.05) is 21.7 Å². The lowest BCUT2D eigenvalue weighted by atomic mass is 10.1. The van der Waals surface area contributed by atoms with Gasteiger partial charge in [0.05, 0.1) is 16.8 Å². The van der Waals surface area contributed by atoms with Crippen LogP contribution in [0.4, 0.5) is 11.4 Å². The minimum absolute atomic E-state index is 0.538. The third-order valence-electron chi connectivity index (χ3n) is 3.26. The van der Waals surface area contributed by atoms with Crippen LogP contribution >= 0.6 is 15.9 Å². The minimum atomic E-state index is 0.538. The van der Waals surface area contributed by atoms with E-state index in [1.54, 1.807) is 6.20 Å². The lowest BCUT2D eigenvalue weighted by Gasteiger charge is -2.12. The van der Waals surface area contributed by atoms with E-state index < -0.39 is 0 Å². The molecule has 0 amide bonds. The molecule has 0 aliphatic heterocycles. The van der Waals surface area contributed by atoms with Gasteiger partial charge in [-0.2, -0.15) is 5.26 Å². The lowest BCUT2D eigenvalue weighted by Crippen LogP contribution is -1.97. The van der Waals surface area contributed by atoms with Gasteiger partial charge in [0.25, 0.3) is 0 Å². The van der Waals surface area contributed by atoms with Crippen LogP contribution in [0.3, 0.4) is 0 Å². The van der Waals surface area contributed by atoms with Crippen LogP contribution in [0, 0.1) is 18.3 Å². The Kier molecular flexibility index (Phi) is 3.59. The van der Waals surface area contributed by atoms with Gasteiger partial charge in [-0.3, -0.25) is 4.98 Å². The number of benzene rings is 2. The van der Waals surface area contributed by atoms with E-state index in [9.17, 15) is 5.26 Å². The first-order valence-electron chi connectivity index (χ1n) is 6.49. The number of nitrogens with one attached hydrogen (secondary N) is 1. The number of nitriles is 1. The summed E-state index contributed by atoms with van der Waals surface area (Å²) >= 11 is 3.42. The molecule has 1 aromatic heterocycles. The molecule has 0 saturated heterocycles. The Morgan fingerprint density at radius 1 is 1.14 bits per heavy atom. The maximum atomic E-state index is 9.33. The molecule has 0 saturated carbocycles. The minimum Gasteiger partial charge on any atom is -0.354 e. The number of hydrogen-bond acceptors (Lipinski definition) is 3. The summed E-state index contributed by atoms with van der Waals surface area (Å²) in [6.45, 7) is 2.03. The van der Waals surface area contributed by atoms with Gasteiger partial charge in [-0.15, -0.1) is 0 Å². The number of anilines is 2. The van der Waals surface area contributed by atoms with Crippen molar-refractivity contribution < 1.29 is 0 Å². The van der Waals surface area contributed by atoms with Crippen molar-refractivity contribution in [2.24, 2.45) is 0 Å². The summed E-state index contributed by atoms with van der Waals surface area (Å²) in [4.78, 5) is 4.34. The molecule has 3 rings (SSSR count). The first kappa shape index (κ1) is 13.6. The number of hydrogen-bond donors (Lipinski definition) is 1. The predicted molar refractivity (Wildman–Crippen MR) is 88.6 cm³/mol. The van der Waals surface area contributed by atoms with Crippen molar-refractivity contribution in [3.8, 4) is 6.07 Å². The molecular weight excluding hydrogens is 326 g/mol. The first-order chi connectivity index (χ1) is 10.2. The molecule has 0 spiro atoms. The Labute approximate surface area is 131 Å². The highest BCUT2D eigenvalue weighted by Gasteiger charge is 2.09. The van der Waals surface area contributed by atoms with Gasteiger partial charge in [-0.1, -0.05) is 27.6 Å². The maximum absolute atomic E-state index is 9.33. The molecule has 4 heteroatoms. The van der Waals surface area contributed by atoms with Crippen molar-refractivity contribution in [3.63, 3.8) is 0 Å². The number of pyridine rings is 1. The molecule has 3 nitrogen and oxygen atoms in total. The molecule has 0 aliphatic carbocycles. The quantitative estimate of drug-likeness (QED) is 0.721. The molecule has 3 aromatic rings. The summed E-state index contributed by atoms with van der Waals surface area (Å²) in [5, 5.41) is 13.6. The smallest absolute Gasteiger partial charge is 0.103 e. The molecule has 0 aliphatic rings. The molecular formula is C17H12BrN3. The van der Waals surface area contributed by atoms with Crippen molar-refractivity contribution >= 4 is 38.2 Å². The molecule has 2 aromatic carbocycles. The van der Waals surface area contributed by atoms with Gasteiger partial charge < -0.3 is 5.32 Å². The molecule has 0 bridgehead atoms. The SMILES string of the molecule is Cc1ccc2ncc(C#N)c(Nc3ccc(Br)cc3)c2c1. The highest BCUT2D eigenvalue weighted by molar-refractivity contribution is 9.10. The van der Waals surface area contributed by atoms with E-state index in [4.69, 9.17) is 0 Å². The number of aryl methyl sites for hydroxylation is 1. The van der Waals surface area contributed by atoms with Crippen molar-refractivity contribution in [2.75, 3.05) is 5.32 Å². The fraction of sp³-hybridized carbons (Fsp3) is 0.0588. The number of halogens is 1. The first-order valence-corrected chi connectivity index (χ1v) is 7.29. The van der Waals surface area contributed by atoms with Gasteiger partial charge in [-0.25, -0.2) is 0 Å². The molecule has 0 fully saturated rings. The lowest BCUT2D eigenvalue weighted by molar-refractivity contribution is 1.35. The van der Waals surface area contributed by atoms with Crippen LogP contribution in [0.2, 0.25) is 0 Å². The number of nitrogens with zero attached hydrogens (tertiary/aromatic N) is 2. The van der Waals surface area contributed by atoms with E-state index >= 15 is 0 Å². The zero-order valence-corrected chi connectivity index (χ0v) is 13.0. The zero-order chi connectivity index (χ0) is 14.8. The fourth-order valence-electron chi connectivity index (χ4n) is 2.20. The third kappa shape index (κ3) is 2.74. The van der Waals surface area contributed by atoms with Crippen LogP contribution < -0.4 is 5.32 Å². The van der Waals surface area contributed by atoms with Crippen LogP contribution in [0.15, 0.2) is 53.1 Å². The zero-order valence-electron chi connectivity index (χ0n) is 11.4. The van der Waals surface area contributed by atoms with Crippen LogP contribution in [0.25, 0.3) is 10.9 Å². The molecule has 0 atom stereocenters. The standard InChI is InChI=1S/C17H12BrN3/c1-11-2-7-16-15(8-11)17(12(9-19)10-20-16)21-14-5-3-13(18)4-6-14/h2-8,10H,1H3,(H,20,21). The normalized spacial score (nSPS) is 10.3.